The summed E-state index contributed by atoms with van der Waals surface area (Å²) in [4.78, 5) is -0.124. The summed E-state index contributed by atoms with van der Waals surface area (Å²) >= 11 is 0. The molecule has 1 saturated heterocycles. The van der Waals surface area contributed by atoms with E-state index in [1.807, 2.05) is 6.07 Å². The van der Waals surface area contributed by atoms with E-state index in [0.29, 0.717) is 6.61 Å². The molecule has 1 heterocycles. The maximum Gasteiger partial charge on any atom is 0.243 e. The van der Waals surface area contributed by atoms with Crippen LogP contribution in [0.15, 0.2) is 88.7 Å². The van der Waals surface area contributed by atoms with Gasteiger partial charge < -0.3 is 4.74 Å². The van der Waals surface area contributed by atoms with Gasteiger partial charge in [0.15, 0.2) is 0 Å². The normalized spacial score (nSPS) is 16.6. The predicted octanol–water partition coefficient (Wildman–Crippen LogP) is 3.67. The number of sulfonamides is 2. The average molecular weight is 519 g/mol. The molecule has 0 aliphatic carbocycles. The summed E-state index contributed by atoms with van der Waals surface area (Å²) in [5, 5.41) is 0. The Bertz CT molecular complexity index is 1340. The Kier molecular flexibility index (Phi) is 7.98. The lowest BCUT2D eigenvalue weighted by atomic mass is 10.2. The number of hydrogen-bond acceptors (Lipinski definition) is 5. The molecule has 1 fully saturated rings. The van der Waals surface area contributed by atoms with Gasteiger partial charge in [-0.3, -0.25) is 0 Å². The summed E-state index contributed by atoms with van der Waals surface area (Å²) in [6.07, 6.45) is 1.53. The molecule has 0 unspecified atom stereocenters. The third-order valence-corrected chi connectivity index (χ3v) is 9.05. The number of ether oxygens (including phenoxy) is 1. The first kappa shape index (κ1) is 25.5. The minimum Gasteiger partial charge on any atom is -0.377 e. The van der Waals surface area contributed by atoms with E-state index in [1.54, 1.807) is 36.4 Å². The van der Waals surface area contributed by atoms with E-state index in [-0.39, 0.29) is 41.1 Å². The Morgan fingerprint density at radius 2 is 1.51 bits per heavy atom. The highest BCUT2D eigenvalue weighted by atomic mass is 32.2. The Morgan fingerprint density at radius 3 is 2.17 bits per heavy atom. The maximum atomic E-state index is 14.3. The van der Waals surface area contributed by atoms with Crippen molar-refractivity contribution in [3.8, 4) is 0 Å². The fraction of sp³-hybridized carbons (Fsp3) is 0.280. The van der Waals surface area contributed by atoms with E-state index in [1.165, 1.54) is 40.7 Å². The fourth-order valence-corrected chi connectivity index (χ4v) is 6.33. The summed E-state index contributed by atoms with van der Waals surface area (Å²) < 4.78 is 75.8. The van der Waals surface area contributed by atoms with Crippen LogP contribution in [-0.4, -0.2) is 40.4 Å². The van der Waals surface area contributed by atoms with E-state index < -0.39 is 25.9 Å². The van der Waals surface area contributed by atoms with Crippen LogP contribution in [-0.2, 0) is 37.9 Å². The lowest BCUT2D eigenvalue weighted by Gasteiger charge is -2.23. The molecule has 186 valence electrons. The van der Waals surface area contributed by atoms with Crippen LogP contribution < -0.4 is 4.72 Å². The van der Waals surface area contributed by atoms with Crippen molar-refractivity contribution in [1.82, 2.24) is 9.03 Å². The van der Waals surface area contributed by atoms with Gasteiger partial charge in [-0.05, 0) is 48.7 Å². The van der Waals surface area contributed by atoms with Gasteiger partial charge in [-0.25, -0.2) is 25.9 Å². The summed E-state index contributed by atoms with van der Waals surface area (Å²) in [7, 11) is -7.89. The molecule has 1 aliphatic rings. The molecular weight excluding hydrogens is 491 g/mol. The first-order valence-electron chi connectivity index (χ1n) is 11.2. The van der Waals surface area contributed by atoms with Crippen LogP contribution >= 0.6 is 0 Å². The average Bonchev–Trinajstić information content (AvgIpc) is 3.38. The highest BCUT2D eigenvalue weighted by molar-refractivity contribution is 7.89. The van der Waals surface area contributed by atoms with Gasteiger partial charge in [-0.1, -0.05) is 48.5 Å². The largest absolute Gasteiger partial charge is 0.377 e. The van der Waals surface area contributed by atoms with Crippen LogP contribution in [0.5, 0.6) is 0 Å². The van der Waals surface area contributed by atoms with Gasteiger partial charge in [-0.2, -0.15) is 4.31 Å². The van der Waals surface area contributed by atoms with Crippen molar-refractivity contribution in [2.75, 3.05) is 13.2 Å². The highest BCUT2D eigenvalue weighted by Crippen LogP contribution is 2.24. The zero-order chi connectivity index (χ0) is 24.9. The van der Waals surface area contributed by atoms with Gasteiger partial charge in [-0.15, -0.1) is 0 Å². The van der Waals surface area contributed by atoms with Crippen LogP contribution in [0.1, 0.15) is 24.0 Å². The molecule has 3 aromatic carbocycles. The van der Waals surface area contributed by atoms with Crippen molar-refractivity contribution < 1.29 is 26.0 Å². The van der Waals surface area contributed by atoms with Gasteiger partial charge >= 0.3 is 0 Å². The first-order chi connectivity index (χ1) is 16.8. The smallest absolute Gasteiger partial charge is 0.243 e. The molecule has 1 atom stereocenters. The van der Waals surface area contributed by atoms with E-state index in [2.05, 4.69) is 4.72 Å². The molecule has 1 aliphatic heterocycles. The van der Waals surface area contributed by atoms with Crippen LogP contribution in [0, 0.1) is 5.82 Å². The van der Waals surface area contributed by atoms with E-state index in [0.717, 1.165) is 18.4 Å². The Labute approximate surface area is 205 Å². The van der Waals surface area contributed by atoms with Gasteiger partial charge in [0.1, 0.15) is 5.82 Å². The van der Waals surface area contributed by atoms with Crippen molar-refractivity contribution in [3.63, 3.8) is 0 Å². The van der Waals surface area contributed by atoms with Crippen LogP contribution in [0.3, 0.4) is 0 Å². The standard InChI is InChI=1S/C25H27FN2O5S2/c26-25-11-5-4-9-21(25)19-28(18-20-7-2-1-3-8-20)35(31,32)24-14-12-23(13-15-24)34(29,30)27-17-22-10-6-16-33-22/h1-5,7-9,11-15,22,27H,6,10,16-19H2/t22-/m0/s1. The van der Waals surface area contributed by atoms with Crippen LogP contribution in [0.4, 0.5) is 4.39 Å². The molecule has 7 nitrogen and oxygen atoms in total. The minimum absolute atomic E-state index is 0.0283. The fourth-order valence-electron chi connectivity index (χ4n) is 3.86. The molecule has 0 radical (unpaired) electrons. The monoisotopic (exact) mass is 518 g/mol. The number of rotatable bonds is 10. The lowest BCUT2D eigenvalue weighted by Crippen LogP contribution is -2.32. The van der Waals surface area contributed by atoms with E-state index in [9.17, 15) is 21.2 Å². The van der Waals surface area contributed by atoms with E-state index >= 15 is 0 Å². The van der Waals surface area contributed by atoms with Crippen molar-refractivity contribution in [2.45, 2.75) is 41.8 Å². The summed E-state index contributed by atoms with van der Waals surface area (Å²) in [5.41, 5.74) is 0.981. The van der Waals surface area contributed by atoms with E-state index in [4.69, 9.17) is 4.74 Å². The summed E-state index contributed by atoms with van der Waals surface area (Å²) in [6.45, 7) is 0.634. The van der Waals surface area contributed by atoms with Gasteiger partial charge in [0, 0.05) is 31.8 Å². The van der Waals surface area contributed by atoms with Crippen molar-refractivity contribution >= 4 is 20.0 Å². The Morgan fingerprint density at radius 1 is 0.857 bits per heavy atom. The second-order valence-corrected chi connectivity index (χ2v) is 12.0. The van der Waals surface area contributed by atoms with Crippen molar-refractivity contribution in [2.24, 2.45) is 0 Å². The SMILES string of the molecule is O=S(=O)(NC[C@@H]1CCCO1)c1ccc(S(=O)(=O)N(Cc2ccccc2)Cc2ccccc2F)cc1. The van der Waals surface area contributed by atoms with Gasteiger partial charge in [0.05, 0.1) is 15.9 Å². The third kappa shape index (κ3) is 6.33. The first-order valence-corrected chi connectivity index (χ1v) is 14.2. The Balaban J connectivity index is 1.57. The topological polar surface area (TPSA) is 92.8 Å². The zero-order valence-electron chi connectivity index (χ0n) is 19.0. The number of halogens is 1. The molecule has 10 heteroatoms. The highest BCUT2D eigenvalue weighted by Gasteiger charge is 2.27. The maximum absolute atomic E-state index is 14.3. The summed E-state index contributed by atoms with van der Waals surface area (Å²) in [5.74, 6) is -0.500. The molecule has 35 heavy (non-hydrogen) atoms. The lowest BCUT2D eigenvalue weighted by molar-refractivity contribution is 0.114. The minimum atomic E-state index is -4.07. The number of benzene rings is 3. The zero-order valence-corrected chi connectivity index (χ0v) is 20.6. The quantitative estimate of drug-likeness (QED) is 0.442. The second kappa shape index (κ2) is 11.0. The predicted molar refractivity (Wildman–Crippen MR) is 130 cm³/mol. The molecule has 0 aromatic heterocycles. The van der Waals surface area contributed by atoms with Gasteiger partial charge in [0.25, 0.3) is 0 Å². The van der Waals surface area contributed by atoms with Crippen LogP contribution in [0.25, 0.3) is 0 Å². The molecule has 3 aromatic rings. The molecule has 1 N–H and O–H groups in total. The van der Waals surface area contributed by atoms with Gasteiger partial charge in [0.2, 0.25) is 20.0 Å². The number of nitrogens with zero attached hydrogens (tertiary/aromatic N) is 1. The number of nitrogens with one attached hydrogen (secondary N) is 1. The molecular formula is C25H27FN2O5S2. The third-order valence-electron chi connectivity index (χ3n) is 5.80. The Hall–Kier alpha value is -2.63. The molecule has 0 spiro atoms. The van der Waals surface area contributed by atoms with Crippen molar-refractivity contribution in [3.05, 3.63) is 95.8 Å². The molecule has 0 saturated carbocycles. The summed E-state index contributed by atoms with van der Waals surface area (Å²) in [6, 6.07) is 20.1. The molecule has 0 amide bonds. The molecule has 4 rings (SSSR count). The number of hydrogen-bond donors (Lipinski definition) is 1. The van der Waals surface area contributed by atoms with Crippen LogP contribution in [0.2, 0.25) is 0 Å². The second-order valence-electron chi connectivity index (χ2n) is 8.31. The van der Waals surface area contributed by atoms with Crippen molar-refractivity contribution in [1.29, 1.82) is 0 Å². The molecule has 0 bridgehead atoms.